The topological polar surface area (TPSA) is 66.0 Å². The molecule has 2 aromatic carbocycles. The summed E-state index contributed by atoms with van der Waals surface area (Å²) in [6.07, 6.45) is 0.908. The van der Waals surface area contributed by atoms with Crippen LogP contribution in [-0.2, 0) is 4.79 Å². The van der Waals surface area contributed by atoms with Crippen LogP contribution >= 0.6 is 0 Å². The highest BCUT2D eigenvalue weighted by Crippen LogP contribution is 2.29. The van der Waals surface area contributed by atoms with E-state index >= 15 is 0 Å². The number of benzene rings is 2. The lowest BCUT2D eigenvalue weighted by atomic mass is 10.2. The molecule has 6 nitrogen and oxygen atoms in total. The number of methoxy groups -OCH3 is 3. The zero-order chi connectivity index (χ0) is 18.1. The molecule has 0 radical (unpaired) electrons. The van der Waals surface area contributed by atoms with Gasteiger partial charge in [-0.15, -0.1) is 0 Å². The minimum absolute atomic E-state index is 0.116. The summed E-state index contributed by atoms with van der Waals surface area (Å²) in [5.74, 6) is 2.46. The molecule has 2 rings (SSSR count). The van der Waals surface area contributed by atoms with Crippen LogP contribution in [0.3, 0.4) is 0 Å². The first kappa shape index (κ1) is 18.4. The maximum Gasteiger partial charge on any atom is 0.224 e. The van der Waals surface area contributed by atoms with Crippen LogP contribution in [0.25, 0.3) is 0 Å². The third-order valence-electron chi connectivity index (χ3n) is 3.56. The van der Waals surface area contributed by atoms with Gasteiger partial charge >= 0.3 is 0 Å². The van der Waals surface area contributed by atoms with Crippen LogP contribution in [0.2, 0.25) is 0 Å². The predicted molar refractivity (Wildman–Crippen MR) is 95.9 cm³/mol. The number of carbonyl (C=O) groups is 1. The molecular formula is C19H23NO5. The average molecular weight is 345 g/mol. The fourth-order valence-corrected chi connectivity index (χ4v) is 2.28. The molecule has 0 spiro atoms. The summed E-state index contributed by atoms with van der Waals surface area (Å²) in [4.78, 5) is 12.1. The SMILES string of the molecule is COc1ccc(OC)c(NC(=O)CCCOc2ccccc2OC)c1. The van der Waals surface area contributed by atoms with Crippen molar-refractivity contribution in [2.75, 3.05) is 33.3 Å². The van der Waals surface area contributed by atoms with Crippen molar-refractivity contribution in [1.82, 2.24) is 0 Å². The molecule has 0 aliphatic rings. The molecule has 0 aliphatic carbocycles. The van der Waals surface area contributed by atoms with Crippen LogP contribution in [0.15, 0.2) is 42.5 Å². The Morgan fingerprint density at radius 2 is 1.64 bits per heavy atom. The molecule has 6 heteroatoms. The number of nitrogens with one attached hydrogen (secondary N) is 1. The van der Waals surface area contributed by atoms with Crippen LogP contribution in [0, 0.1) is 0 Å². The summed E-state index contributed by atoms with van der Waals surface area (Å²) in [6.45, 7) is 0.420. The highest BCUT2D eigenvalue weighted by molar-refractivity contribution is 5.92. The van der Waals surface area contributed by atoms with Gasteiger partial charge in [-0.25, -0.2) is 0 Å². The van der Waals surface area contributed by atoms with Gasteiger partial charge in [0.2, 0.25) is 5.91 Å². The molecule has 0 saturated carbocycles. The van der Waals surface area contributed by atoms with Crippen molar-refractivity contribution >= 4 is 11.6 Å². The van der Waals surface area contributed by atoms with Crippen molar-refractivity contribution < 1.29 is 23.7 Å². The molecule has 0 aliphatic heterocycles. The molecule has 0 saturated heterocycles. The number of hydrogen-bond acceptors (Lipinski definition) is 5. The van der Waals surface area contributed by atoms with Crippen molar-refractivity contribution in [1.29, 1.82) is 0 Å². The summed E-state index contributed by atoms with van der Waals surface area (Å²) in [6, 6.07) is 12.7. The van der Waals surface area contributed by atoms with E-state index in [1.165, 1.54) is 0 Å². The molecule has 1 amide bonds. The summed E-state index contributed by atoms with van der Waals surface area (Å²) in [7, 11) is 4.72. The standard InChI is InChI=1S/C19H23NO5/c1-22-14-10-11-16(23-2)15(13-14)20-19(21)9-6-12-25-18-8-5-4-7-17(18)24-3/h4-5,7-8,10-11,13H,6,9,12H2,1-3H3,(H,20,21). The van der Waals surface area contributed by atoms with E-state index in [4.69, 9.17) is 18.9 Å². The minimum atomic E-state index is -0.116. The van der Waals surface area contributed by atoms with Gasteiger partial charge in [0.1, 0.15) is 11.5 Å². The predicted octanol–water partition coefficient (Wildman–Crippen LogP) is 3.51. The third-order valence-corrected chi connectivity index (χ3v) is 3.56. The van der Waals surface area contributed by atoms with Gasteiger partial charge in [0.15, 0.2) is 11.5 Å². The number of hydrogen-bond donors (Lipinski definition) is 1. The Kier molecular flexibility index (Phi) is 6.95. The van der Waals surface area contributed by atoms with Gasteiger partial charge in [-0.3, -0.25) is 4.79 Å². The normalized spacial score (nSPS) is 10.0. The van der Waals surface area contributed by atoms with Crippen molar-refractivity contribution in [2.45, 2.75) is 12.8 Å². The summed E-state index contributed by atoms with van der Waals surface area (Å²) in [5, 5.41) is 2.83. The van der Waals surface area contributed by atoms with Crippen LogP contribution in [0.1, 0.15) is 12.8 Å². The molecule has 134 valence electrons. The minimum Gasteiger partial charge on any atom is -0.497 e. The number of amides is 1. The van der Waals surface area contributed by atoms with Crippen LogP contribution in [0.4, 0.5) is 5.69 Å². The Hall–Kier alpha value is -2.89. The maximum absolute atomic E-state index is 12.1. The Morgan fingerprint density at radius 1 is 0.920 bits per heavy atom. The van der Waals surface area contributed by atoms with Crippen LogP contribution < -0.4 is 24.3 Å². The fraction of sp³-hybridized carbons (Fsp3) is 0.316. The molecule has 0 atom stereocenters. The number of rotatable bonds is 9. The van der Waals surface area contributed by atoms with Crippen molar-refractivity contribution in [3.63, 3.8) is 0 Å². The number of anilines is 1. The molecule has 0 aromatic heterocycles. The quantitative estimate of drug-likeness (QED) is 0.705. The monoisotopic (exact) mass is 345 g/mol. The number of para-hydroxylation sites is 2. The zero-order valence-corrected chi connectivity index (χ0v) is 14.7. The van der Waals surface area contributed by atoms with E-state index in [0.717, 1.165) is 0 Å². The molecular weight excluding hydrogens is 322 g/mol. The van der Waals surface area contributed by atoms with E-state index in [0.29, 0.717) is 48.1 Å². The number of ether oxygens (including phenoxy) is 4. The Bertz CT molecular complexity index is 702. The second kappa shape index (κ2) is 9.42. The van der Waals surface area contributed by atoms with Crippen LogP contribution in [-0.4, -0.2) is 33.8 Å². The van der Waals surface area contributed by atoms with E-state index in [9.17, 15) is 4.79 Å². The average Bonchev–Trinajstić information content (AvgIpc) is 2.65. The van der Waals surface area contributed by atoms with Crippen molar-refractivity contribution in [2.24, 2.45) is 0 Å². The molecule has 1 N–H and O–H groups in total. The maximum atomic E-state index is 12.1. The zero-order valence-electron chi connectivity index (χ0n) is 14.7. The van der Waals surface area contributed by atoms with Crippen molar-refractivity contribution in [3.8, 4) is 23.0 Å². The van der Waals surface area contributed by atoms with Gasteiger partial charge in [-0.1, -0.05) is 12.1 Å². The summed E-state index contributed by atoms with van der Waals surface area (Å²) in [5.41, 5.74) is 0.581. The molecule has 0 fully saturated rings. The van der Waals surface area contributed by atoms with E-state index in [2.05, 4.69) is 5.32 Å². The third kappa shape index (κ3) is 5.31. The second-order valence-electron chi connectivity index (χ2n) is 5.22. The first-order valence-corrected chi connectivity index (χ1v) is 7.95. The Morgan fingerprint density at radius 3 is 2.32 bits per heavy atom. The number of carbonyl (C=O) groups excluding carboxylic acids is 1. The lowest BCUT2D eigenvalue weighted by molar-refractivity contribution is -0.116. The van der Waals surface area contributed by atoms with Gasteiger partial charge < -0.3 is 24.3 Å². The van der Waals surface area contributed by atoms with Gasteiger partial charge in [-0.2, -0.15) is 0 Å². The van der Waals surface area contributed by atoms with Gasteiger partial charge in [0, 0.05) is 12.5 Å². The largest absolute Gasteiger partial charge is 0.497 e. The van der Waals surface area contributed by atoms with Gasteiger partial charge in [0.05, 0.1) is 33.6 Å². The summed E-state index contributed by atoms with van der Waals surface area (Å²) < 4.78 is 21.3. The Labute approximate surface area is 147 Å². The van der Waals surface area contributed by atoms with Gasteiger partial charge in [0.25, 0.3) is 0 Å². The smallest absolute Gasteiger partial charge is 0.224 e. The van der Waals surface area contributed by atoms with E-state index in [-0.39, 0.29) is 5.91 Å². The van der Waals surface area contributed by atoms with Gasteiger partial charge in [-0.05, 0) is 30.7 Å². The highest BCUT2D eigenvalue weighted by Gasteiger charge is 2.09. The molecule has 0 heterocycles. The summed E-state index contributed by atoms with van der Waals surface area (Å²) >= 11 is 0. The van der Waals surface area contributed by atoms with E-state index in [1.54, 1.807) is 39.5 Å². The highest BCUT2D eigenvalue weighted by atomic mass is 16.5. The molecule has 0 bridgehead atoms. The lowest BCUT2D eigenvalue weighted by Gasteiger charge is -2.12. The fourth-order valence-electron chi connectivity index (χ4n) is 2.28. The Balaban J connectivity index is 1.83. The second-order valence-corrected chi connectivity index (χ2v) is 5.22. The van der Waals surface area contributed by atoms with Crippen LogP contribution in [0.5, 0.6) is 23.0 Å². The lowest BCUT2D eigenvalue weighted by Crippen LogP contribution is -2.13. The first-order chi connectivity index (χ1) is 12.2. The molecule has 25 heavy (non-hydrogen) atoms. The first-order valence-electron chi connectivity index (χ1n) is 7.95. The van der Waals surface area contributed by atoms with E-state index < -0.39 is 0 Å². The van der Waals surface area contributed by atoms with E-state index in [1.807, 2.05) is 24.3 Å². The molecule has 0 unspecified atom stereocenters. The van der Waals surface area contributed by atoms with Crippen molar-refractivity contribution in [3.05, 3.63) is 42.5 Å². The molecule has 2 aromatic rings.